The summed E-state index contributed by atoms with van der Waals surface area (Å²) < 4.78 is 0. The first kappa shape index (κ1) is 12.9. The smallest absolute Gasteiger partial charge is 0.337 e. The Morgan fingerprint density at radius 2 is 2.00 bits per heavy atom. The zero-order chi connectivity index (χ0) is 13.0. The second-order valence-corrected chi connectivity index (χ2v) is 4.84. The maximum atomic E-state index is 11.1. The monoisotopic (exact) mass is 263 g/mol. The fraction of sp³-hybridized carbons (Fsp3) is 0.231. The van der Waals surface area contributed by atoms with Crippen LogP contribution in [0.5, 0.6) is 0 Å². The molecule has 0 unspecified atom stereocenters. The number of fused-ring (bicyclic) bond motifs is 1. The SMILES string of the molecule is O=C(O)c1cnc(SCCCO)c2ccccc12. The van der Waals surface area contributed by atoms with Gasteiger partial charge in [-0.25, -0.2) is 9.78 Å². The molecule has 0 saturated carbocycles. The van der Waals surface area contributed by atoms with E-state index in [1.165, 1.54) is 18.0 Å². The predicted octanol–water partition coefficient (Wildman–Crippen LogP) is 2.41. The molecule has 2 rings (SSSR count). The Morgan fingerprint density at radius 3 is 2.67 bits per heavy atom. The molecule has 94 valence electrons. The van der Waals surface area contributed by atoms with E-state index >= 15 is 0 Å². The molecule has 0 radical (unpaired) electrons. The van der Waals surface area contributed by atoms with Crippen molar-refractivity contribution < 1.29 is 15.0 Å². The molecule has 4 nitrogen and oxygen atoms in total. The first-order valence-corrected chi connectivity index (χ1v) is 6.57. The van der Waals surface area contributed by atoms with Crippen molar-refractivity contribution in [3.05, 3.63) is 36.0 Å². The molecule has 0 amide bonds. The van der Waals surface area contributed by atoms with Crippen LogP contribution in [0, 0.1) is 0 Å². The number of pyridine rings is 1. The maximum absolute atomic E-state index is 11.1. The molecule has 0 fully saturated rings. The number of aromatic carboxylic acids is 1. The minimum atomic E-state index is -0.967. The topological polar surface area (TPSA) is 70.4 Å². The van der Waals surface area contributed by atoms with Crippen molar-refractivity contribution in [1.29, 1.82) is 0 Å². The third-order valence-electron chi connectivity index (χ3n) is 2.53. The predicted molar refractivity (Wildman–Crippen MR) is 71.1 cm³/mol. The van der Waals surface area contributed by atoms with Crippen molar-refractivity contribution in [2.75, 3.05) is 12.4 Å². The fourth-order valence-corrected chi connectivity index (χ4v) is 2.61. The summed E-state index contributed by atoms with van der Waals surface area (Å²) in [6.45, 7) is 0.151. The summed E-state index contributed by atoms with van der Waals surface area (Å²) in [5.41, 5.74) is 0.220. The van der Waals surface area contributed by atoms with Crippen LogP contribution in [0.15, 0.2) is 35.5 Å². The van der Waals surface area contributed by atoms with E-state index in [2.05, 4.69) is 4.98 Å². The molecule has 0 aliphatic heterocycles. The second-order valence-electron chi connectivity index (χ2n) is 3.75. The normalized spacial score (nSPS) is 10.7. The number of carboxylic acid groups (broad SMARTS) is 1. The Hall–Kier alpha value is -1.59. The molecule has 2 aromatic rings. The highest BCUT2D eigenvalue weighted by Gasteiger charge is 2.12. The molecule has 1 aromatic carbocycles. The third-order valence-corrected chi connectivity index (χ3v) is 3.62. The molecule has 0 atom stereocenters. The molecule has 0 spiro atoms. The van der Waals surface area contributed by atoms with Gasteiger partial charge in [0.25, 0.3) is 0 Å². The lowest BCUT2D eigenvalue weighted by Crippen LogP contribution is -2.00. The van der Waals surface area contributed by atoms with Crippen LogP contribution in [0.4, 0.5) is 0 Å². The van der Waals surface area contributed by atoms with E-state index in [0.717, 1.165) is 16.2 Å². The molecule has 0 aliphatic rings. The van der Waals surface area contributed by atoms with Crippen molar-refractivity contribution in [1.82, 2.24) is 4.98 Å². The van der Waals surface area contributed by atoms with Gasteiger partial charge < -0.3 is 10.2 Å². The Kier molecular flexibility index (Phi) is 4.17. The molecule has 0 bridgehead atoms. The lowest BCUT2D eigenvalue weighted by Gasteiger charge is -2.07. The number of thioether (sulfide) groups is 1. The van der Waals surface area contributed by atoms with Crippen molar-refractivity contribution >= 4 is 28.5 Å². The van der Waals surface area contributed by atoms with Crippen molar-refractivity contribution in [3.63, 3.8) is 0 Å². The lowest BCUT2D eigenvalue weighted by molar-refractivity contribution is 0.0698. The molecule has 5 heteroatoms. The average Bonchev–Trinajstić information content (AvgIpc) is 2.38. The average molecular weight is 263 g/mol. The van der Waals surface area contributed by atoms with Crippen LogP contribution in [0.2, 0.25) is 0 Å². The van der Waals surface area contributed by atoms with Gasteiger partial charge in [-0.2, -0.15) is 0 Å². The Balaban J connectivity index is 2.44. The molecule has 1 heterocycles. The fourth-order valence-electron chi connectivity index (χ4n) is 1.69. The van der Waals surface area contributed by atoms with Gasteiger partial charge in [0.1, 0.15) is 5.03 Å². The highest BCUT2D eigenvalue weighted by Crippen LogP contribution is 2.28. The standard InChI is InChI=1S/C13H13NO3S/c15-6-3-7-18-12-10-5-2-1-4-9(10)11(8-14-12)13(16)17/h1-2,4-5,8,15H,3,6-7H2,(H,16,17). The number of benzene rings is 1. The van der Waals surface area contributed by atoms with Crippen molar-refractivity contribution in [2.24, 2.45) is 0 Å². The van der Waals surface area contributed by atoms with Gasteiger partial charge in [-0.05, 0) is 6.42 Å². The largest absolute Gasteiger partial charge is 0.478 e. The lowest BCUT2D eigenvalue weighted by atomic mass is 10.1. The summed E-state index contributed by atoms with van der Waals surface area (Å²) in [6, 6.07) is 7.34. The highest BCUT2D eigenvalue weighted by atomic mass is 32.2. The molecule has 2 N–H and O–H groups in total. The van der Waals surface area contributed by atoms with Crippen molar-refractivity contribution in [2.45, 2.75) is 11.4 Å². The van der Waals surface area contributed by atoms with Gasteiger partial charge >= 0.3 is 5.97 Å². The molecular weight excluding hydrogens is 250 g/mol. The zero-order valence-electron chi connectivity index (χ0n) is 9.67. The highest BCUT2D eigenvalue weighted by molar-refractivity contribution is 7.99. The van der Waals surface area contributed by atoms with Gasteiger partial charge in [0.15, 0.2) is 0 Å². The van der Waals surface area contributed by atoms with E-state index in [4.69, 9.17) is 10.2 Å². The summed E-state index contributed by atoms with van der Waals surface area (Å²) in [6.07, 6.45) is 2.09. The summed E-state index contributed by atoms with van der Waals surface area (Å²) in [5.74, 6) is -0.203. The van der Waals surface area contributed by atoms with Gasteiger partial charge in [-0.3, -0.25) is 0 Å². The number of hydrogen-bond donors (Lipinski definition) is 2. The molecule has 0 aliphatic carbocycles. The number of aliphatic hydroxyl groups excluding tert-OH is 1. The van der Waals surface area contributed by atoms with Crippen LogP contribution in [0.1, 0.15) is 16.8 Å². The van der Waals surface area contributed by atoms with E-state index in [9.17, 15) is 4.79 Å². The Bertz CT molecular complexity index is 571. The van der Waals surface area contributed by atoms with Gasteiger partial charge in [0.2, 0.25) is 0 Å². The van der Waals surface area contributed by atoms with Gasteiger partial charge in [-0.1, -0.05) is 24.3 Å². The van der Waals surface area contributed by atoms with E-state index in [-0.39, 0.29) is 12.2 Å². The van der Waals surface area contributed by atoms with E-state index in [1.807, 2.05) is 18.2 Å². The number of hydrogen-bond acceptors (Lipinski definition) is 4. The second kappa shape index (κ2) is 5.84. The first-order chi connectivity index (χ1) is 8.74. The number of nitrogens with zero attached hydrogens (tertiary/aromatic N) is 1. The van der Waals surface area contributed by atoms with Gasteiger partial charge in [-0.15, -0.1) is 11.8 Å². The van der Waals surface area contributed by atoms with E-state index < -0.39 is 5.97 Å². The van der Waals surface area contributed by atoms with Crippen LogP contribution in [0.3, 0.4) is 0 Å². The van der Waals surface area contributed by atoms with E-state index in [0.29, 0.717) is 11.8 Å². The Morgan fingerprint density at radius 1 is 1.28 bits per heavy atom. The number of carbonyl (C=O) groups is 1. The zero-order valence-corrected chi connectivity index (χ0v) is 10.5. The molecule has 18 heavy (non-hydrogen) atoms. The quantitative estimate of drug-likeness (QED) is 0.640. The summed E-state index contributed by atoms with van der Waals surface area (Å²) in [4.78, 5) is 15.3. The number of carboxylic acids is 1. The molecule has 0 saturated heterocycles. The number of rotatable bonds is 5. The third kappa shape index (κ3) is 2.63. The van der Waals surface area contributed by atoms with E-state index in [1.54, 1.807) is 6.07 Å². The minimum absolute atomic E-state index is 0.151. The van der Waals surface area contributed by atoms with Gasteiger partial charge in [0, 0.05) is 29.3 Å². The van der Waals surface area contributed by atoms with Gasteiger partial charge in [0.05, 0.1) is 5.56 Å². The van der Waals surface area contributed by atoms with Crippen LogP contribution >= 0.6 is 11.8 Å². The summed E-state index contributed by atoms with van der Waals surface area (Å²) in [7, 11) is 0. The Labute approximate surface area is 109 Å². The number of aliphatic hydroxyl groups is 1. The summed E-state index contributed by atoms with van der Waals surface area (Å²) >= 11 is 1.53. The molecular formula is C13H13NO3S. The van der Waals surface area contributed by atoms with Crippen LogP contribution in [-0.2, 0) is 0 Å². The van der Waals surface area contributed by atoms with Crippen LogP contribution in [0.25, 0.3) is 10.8 Å². The van der Waals surface area contributed by atoms with Crippen molar-refractivity contribution in [3.8, 4) is 0 Å². The minimum Gasteiger partial charge on any atom is -0.478 e. The number of aromatic nitrogens is 1. The first-order valence-electron chi connectivity index (χ1n) is 5.58. The van der Waals surface area contributed by atoms with Crippen LogP contribution in [-0.4, -0.2) is 33.5 Å². The van der Waals surface area contributed by atoms with Crippen LogP contribution < -0.4 is 0 Å². The molecule has 1 aromatic heterocycles. The summed E-state index contributed by atoms with van der Waals surface area (Å²) in [5, 5.41) is 20.2. The maximum Gasteiger partial charge on any atom is 0.337 e.